The van der Waals surface area contributed by atoms with Crippen molar-refractivity contribution >= 4 is 34.1 Å². The lowest BCUT2D eigenvalue weighted by atomic mass is 10.1. The number of aliphatic carboxylic acids is 1. The molecular formula is C14H20N2O4S. The quantitative estimate of drug-likeness (QED) is 0.751. The number of carboxylic acid groups (broad SMARTS) is 1. The molecule has 0 spiro atoms. The molecule has 0 aliphatic carbocycles. The van der Waals surface area contributed by atoms with Crippen LogP contribution in [0.4, 0.5) is 5.00 Å². The Balaban J connectivity index is 3.07. The van der Waals surface area contributed by atoms with E-state index in [0.29, 0.717) is 23.4 Å². The van der Waals surface area contributed by atoms with Crippen LogP contribution in [-0.2, 0) is 9.59 Å². The Morgan fingerprint density at radius 2 is 1.86 bits per heavy atom. The normalized spacial score (nSPS) is 11.8. The number of aryl methyl sites for hydroxylation is 1. The van der Waals surface area contributed by atoms with Crippen LogP contribution in [0.2, 0.25) is 0 Å². The molecule has 1 unspecified atom stereocenters. The van der Waals surface area contributed by atoms with Crippen molar-refractivity contribution in [2.75, 3.05) is 5.32 Å². The molecule has 2 amide bonds. The van der Waals surface area contributed by atoms with Crippen molar-refractivity contribution in [3.8, 4) is 0 Å². The number of amides is 2. The van der Waals surface area contributed by atoms with Gasteiger partial charge in [-0.15, -0.1) is 11.3 Å². The highest BCUT2D eigenvalue weighted by atomic mass is 32.1. The van der Waals surface area contributed by atoms with E-state index in [4.69, 9.17) is 5.11 Å². The first kappa shape index (κ1) is 17.2. The lowest BCUT2D eigenvalue weighted by molar-refractivity contribution is -0.139. The molecule has 6 nitrogen and oxygen atoms in total. The van der Waals surface area contributed by atoms with Crippen LogP contribution in [0.5, 0.6) is 0 Å². The van der Waals surface area contributed by atoms with Gasteiger partial charge in [-0.25, -0.2) is 4.79 Å². The molecule has 0 aromatic carbocycles. The SMILES string of the molecule is CCC(=O)Nc1sc(C)c(C)c1C(=O)NC(CC)C(=O)O. The molecule has 21 heavy (non-hydrogen) atoms. The Kier molecular flexibility index (Phi) is 5.90. The Labute approximate surface area is 127 Å². The van der Waals surface area contributed by atoms with Crippen LogP contribution in [-0.4, -0.2) is 28.9 Å². The van der Waals surface area contributed by atoms with E-state index >= 15 is 0 Å². The van der Waals surface area contributed by atoms with Gasteiger partial charge in [-0.3, -0.25) is 9.59 Å². The van der Waals surface area contributed by atoms with Gasteiger partial charge in [-0.2, -0.15) is 0 Å². The maximum atomic E-state index is 12.3. The average molecular weight is 312 g/mol. The lowest BCUT2D eigenvalue weighted by Gasteiger charge is -2.13. The molecule has 1 atom stereocenters. The zero-order valence-corrected chi connectivity index (χ0v) is 13.4. The number of thiophene rings is 1. The Hall–Kier alpha value is -1.89. The van der Waals surface area contributed by atoms with Crippen molar-refractivity contribution in [1.29, 1.82) is 0 Å². The predicted octanol–water partition coefficient (Wildman–Crippen LogP) is 2.31. The van der Waals surface area contributed by atoms with Crippen molar-refractivity contribution in [3.63, 3.8) is 0 Å². The minimum absolute atomic E-state index is 0.185. The third kappa shape index (κ3) is 4.04. The second kappa shape index (κ2) is 7.21. The van der Waals surface area contributed by atoms with Crippen molar-refractivity contribution in [1.82, 2.24) is 5.32 Å². The lowest BCUT2D eigenvalue weighted by Crippen LogP contribution is -2.40. The molecule has 0 radical (unpaired) electrons. The zero-order valence-electron chi connectivity index (χ0n) is 12.6. The maximum Gasteiger partial charge on any atom is 0.326 e. The monoisotopic (exact) mass is 312 g/mol. The van der Waals surface area contributed by atoms with Crippen molar-refractivity contribution < 1.29 is 19.5 Å². The standard InChI is InChI=1S/C14H20N2O4S/c1-5-9(14(19)20)15-12(18)11-7(3)8(4)21-13(11)16-10(17)6-2/h9H,5-6H2,1-4H3,(H,15,18)(H,16,17)(H,19,20). The van der Waals surface area contributed by atoms with E-state index in [1.807, 2.05) is 6.92 Å². The van der Waals surface area contributed by atoms with E-state index < -0.39 is 17.9 Å². The summed E-state index contributed by atoms with van der Waals surface area (Å²) in [6, 6.07) is -0.938. The summed E-state index contributed by atoms with van der Waals surface area (Å²) in [7, 11) is 0. The summed E-state index contributed by atoms with van der Waals surface area (Å²) in [6.45, 7) is 7.04. The number of hydrogen-bond acceptors (Lipinski definition) is 4. The Morgan fingerprint density at radius 1 is 1.24 bits per heavy atom. The highest BCUT2D eigenvalue weighted by molar-refractivity contribution is 7.16. The van der Waals surface area contributed by atoms with Gasteiger partial charge in [0.25, 0.3) is 5.91 Å². The van der Waals surface area contributed by atoms with E-state index in [2.05, 4.69) is 10.6 Å². The first-order valence-corrected chi connectivity index (χ1v) is 7.56. The van der Waals surface area contributed by atoms with Gasteiger partial charge in [0.1, 0.15) is 11.0 Å². The molecular weight excluding hydrogens is 292 g/mol. The fourth-order valence-corrected chi connectivity index (χ4v) is 2.85. The largest absolute Gasteiger partial charge is 0.480 e. The van der Waals surface area contributed by atoms with Gasteiger partial charge >= 0.3 is 5.97 Å². The fourth-order valence-electron chi connectivity index (χ4n) is 1.77. The van der Waals surface area contributed by atoms with Crippen LogP contribution in [0.3, 0.4) is 0 Å². The van der Waals surface area contributed by atoms with Crippen LogP contribution < -0.4 is 10.6 Å². The number of rotatable bonds is 6. The Morgan fingerprint density at radius 3 is 2.33 bits per heavy atom. The summed E-state index contributed by atoms with van der Waals surface area (Å²) >= 11 is 1.32. The van der Waals surface area contributed by atoms with Gasteiger partial charge in [0.15, 0.2) is 0 Å². The molecule has 0 bridgehead atoms. The van der Waals surface area contributed by atoms with Gasteiger partial charge in [0.05, 0.1) is 5.56 Å². The van der Waals surface area contributed by atoms with Gasteiger partial charge in [0.2, 0.25) is 5.91 Å². The third-order valence-electron chi connectivity index (χ3n) is 3.20. The van der Waals surface area contributed by atoms with Crippen molar-refractivity contribution in [2.45, 2.75) is 46.6 Å². The van der Waals surface area contributed by atoms with Crippen molar-refractivity contribution in [3.05, 3.63) is 16.0 Å². The molecule has 0 saturated heterocycles. The minimum Gasteiger partial charge on any atom is -0.480 e. The smallest absolute Gasteiger partial charge is 0.326 e. The molecule has 0 aliphatic rings. The molecule has 116 valence electrons. The van der Waals surface area contributed by atoms with E-state index in [-0.39, 0.29) is 5.91 Å². The minimum atomic E-state index is -1.07. The molecule has 1 aromatic rings. The van der Waals surface area contributed by atoms with E-state index in [9.17, 15) is 14.4 Å². The van der Waals surface area contributed by atoms with E-state index in [1.54, 1.807) is 20.8 Å². The topological polar surface area (TPSA) is 95.5 Å². The summed E-state index contributed by atoms with van der Waals surface area (Å²) in [6.07, 6.45) is 0.601. The fraction of sp³-hybridized carbons (Fsp3) is 0.500. The summed E-state index contributed by atoms with van der Waals surface area (Å²) in [5, 5.41) is 14.7. The average Bonchev–Trinajstić information content (AvgIpc) is 2.70. The summed E-state index contributed by atoms with van der Waals surface area (Å²) in [4.78, 5) is 35.8. The second-order valence-electron chi connectivity index (χ2n) is 4.66. The third-order valence-corrected chi connectivity index (χ3v) is 4.32. The molecule has 1 heterocycles. The summed E-state index contributed by atoms with van der Waals surface area (Å²) in [5.41, 5.74) is 1.10. The number of hydrogen-bond donors (Lipinski definition) is 3. The van der Waals surface area contributed by atoms with Crippen LogP contribution >= 0.6 is 11.3 Å². The molecule has 0 saturated carbocycles. The number of nitrogens with one attached hydrogen (secondary N) is 2. The first-order valence-electron chi connectivity index (χ1n) is 6.75. The summed E-state index contributed by atoms with van der Waals surface area (Å²) < 4.78 is 0. The van der Waals surface area contributed by atoms with Crippen LogP contribution in [0, 0.1) is 13.8 Å². The highest BCUT2D eigenvalue weighted by Crippen LogP contribution is 2.32. The number of carbonyl (C=O) groups excluding carboxylic acids is 2. The number of anilines is 1. The highest BCUT2D eigenvalue weighted by Gasteiger charge is 2.24. The Bertz CT molecular complexity index is 566. The van der Waals surface area contributed by atoms with Crippen LogP contribution in [0.25, 0.3) is 0 Å². The first-order chi connectivity index (χ1) is 9.81. The van der Waals surface area contributed by atoms with Crippen LogP contribution in [0.15, 0.2) is 0 Å². The van der Waals surface area contributed by atoms with Crippen LogP contribution in [0.1, 0.15) is 47.5 Å². The number of carboxylic acids is 1. The molecule has 1 aromatic heterocycles. The van der Waals surface area contributed by atoms with E-state index in [0.717, 1.165) is 10.4 Å². The van der Waals surface area contributed by atoms with Crippen molar-refractivity contribution in [2.24, 2.45) is 0 Å². The molecule has 3 N–H and O–H groups in total. The molecule has 0 aliphatic heterocycles. The number of carbonyl (C=O) groups is 3. The maximum absolute atomic E-state index is 12.3. The predicted molar refractivity (Wildman–Crippen MR) is 81.9 cm³/mol. The molecule has 1 rings (SSSR count). The van der Waals surface area contributed by atoms with Gasteiger partial charge in [-0.1, -0.05) is 13.8 Å². The van der Waals surface area contributed by atoms with Gasteiger partial charge < -0.3 is 15.7 Å². The zero-order chi connectivity index (χ0) is 16.2. The second-order valence-corrected chi connectivity index (χ2v) is 5.89. The van der Waals surface area contributed by atoms with Gasteiger partial charge in [0, 0.05) is 11.3 Å². The molecule has 7 heteroatoms. The van der Waals surface area contributed by atoms with Gasteiger partial charge in [-0.05, 0) is 25.8 Å². The van der Waals surface area contributed by atoms with E-state index in [1.165, 1.54) is 11.3 Å². The molecule has 0 fully saturated rings. The summed E-state index contributed by atoms with van der Waals surface area (Å²) in [5.74, 6) is -1.73.